The molecule has 0 radical (unpaired) electrons. The van der Waals surface area contributed by atoms with E-state index in [1.54, 1.807) is 19.2 Å². The van der Waals surface area contributed by atoms with Gasteiger partial charge < -0.3 is 10.1 Å². The summed E-state index contributed by atoms with van der Waals surface area (Å²) < 4.78 is 4.76. The molecule has 100 valence electrons. The van der Waals surface area contributed by atoms with Gasteiger partial charge in [0.1, 0.15) is 5.82 Å². The molecule has 0 spiro atoms. The first-order chi connectivity index (χ1) is 8.61. The van der Waals surface area contributed by atoms with Crippen LogP contribution < -0.4 is 10.6 Å². The van der Waals surface area contributed by atoms with Gasteiger partial charge in [0.05, 0.1) is 18.5 Å². The summed E-state index contributed by atoms with van der Waals surface area (Å²) in [5, 5.41) is 5.82. The molecule has 0 fully saturated rings. The Balaban J connectivity index is 2.40. The lowest BCUT2D eigenvalue weighted by atomic mass is 10.1. The Morgan fingerprint density at radius 3 is 2.78 bits per heavy atom. The van der Waals surface area contributed by atoms with Crippen molar-refractivity contribution in [3.8, 4) is 0 Å². The molecule has 1 aromatic rings. The number of carbonyl (C=O) groups excluding carboxylic acids is 1. The fourth-order valence-corrected chi connectivity index (χ4v) is 1.35. The second kappa shape index (κ2) is 7.53. The highest BCUT2D eigenvalue weighted by Crippen LogP contribution is 2.10. The summed E-state index contributed by atoms with van der Waals surface area (Å²) in [5.41, 5.74) is 0.949. The number of anilines is 2. The number of amides is 1. The van der Waals surface area contributed by atoms with Crippen LogP contribution in [0.5, 0.6) is 0 Å². The maximum atomic E-state index is 11.2. The molecule has 1 heterocycles. The van der Waals surface area contributed by atoms with Crippen LogP contribution in [-0.2, 0) is 4.74 Å². The number of nitrogens with one attached hydrogen (secondary N) is 2. The highest BCUT2D eigenvalue weighted by Gasteiger charge is 2.02. The number of carbonyl (C=O) groups is 1. The minimum atomic E-state index is -0.481. The lowest BCUT2D eigenvalue weighted by Gasteiger charge is -2.09. The third kappa shape index (κ3) is 5.52. The molecule has 1 aromatic heterocycles. The molecular weight excluding hydrogens is 230 g/mol. The van der Waals surface area contributed by atoms with E-state index in [0.717, 1.165) is 18.7 Å². The molecule has 0 unspecified atom stereocenters. The summed E-state index contributed by atoms with van der Waals surface area (Å²) >= 11 is 0. The molecule has 0 saturated heterocycles. The van der Waals surface area contributed by atoms with E-state index in [-0.39, 0.29) is 0 Å². The predicted octanol–water partition coefficient (Wildman–Crippen LogP) is 3.11. The molecule has 0 aliphatic heterocycles. The standard InChI is InChI=1S/C13H21N3O2/c1-4-18-13(17)16-12-6-5-11(9-15-12)14-8-7-10(2)3/h5-6,9-10,14H,4,7-8H2,1-3H3,(H,15,16,17). The van der Waals surface area contributed by atoms with Gasteiger partial charge in [-0.2, -0.15) is 0 Å². The Bertz CT molecular complexity index is 363. The van der Waals surface area contributed by atoms with Crippen molar-refractivity contribution in [3.63, 3.8) is 0 Å². The fraction of sp³-hybridized carbons (Fsp3) is 0.538. The Morgan fingerprint density at radius 2 is 2.22 bits per heavy atom. The number of nitrogens with zero attached hydrogens (tertiary/aromatic N) is 1. The summed E-state index contributed by atoms with van der Waals surface area (Å²) in [6.07, 6.45) is 2.33. The summed E-state index contributed by atoms with van der Waals surface area (Å²) in [6.45, 7) is 7.40. The van der Waals surface area contributed by atoms with E-state index in [4.69, 9.17) is 4.74 Å². The summed E-state index contributed by atoms with van der Waals surface area (Å²) in [4.78, 5) is 15.3. The first-order valence-corrected chi connectivity index (χ1v) is 6.25. The average Bonchev–Trinajstić information content (AvgIpc) is 2.31. The van der Waals surface area contributed by atoms with Gasteiger partial charge in [-0.3, -0.25) is 5.32 Å². The van der Waals surface area contributed by atoms with E-state index in [0.29, 0.717) is 18.3 Å². The van der Waals surface area contributed by atoms with Crippen molar-refractivity contribution in [1.82, 2.24) is 4.98 Å². The van der Waals surface area contributed by atoms with E-state index >= 15 is 0 Å². The van der Waals surface area contributed by atoms with Crippen LogP contribution in [-0.4, -0.2) is 24.2 Å². The highest BCUT2D eigenvalue weighted by molar-refractivity contribution is 5.83. The van der Waals surface area contributed by atoms with E-state index in [1.165, 1.54) is 0 Å². The zero-order valence-electron chi connectivity index (χ0n) is 11.2. The van der Waals surface area contributed by atoms with Crippen LogP contribution in [0.4, 0.5) is 16.3 Å². The highest BCUT2D eigenvalue weighted by atomic mass is 16.5. The number of rotatable bonds is 6. The van der Waals surface area contributed by atoms with E-state index < -0.39 is 6.09 Å². The molecule has 0 atom stereocenters. The minimum absolute atomic E-state index is 0.348. The molecule has 2 N–H and O–H groups in total. The van der Waals surface area contributed by atoms with Crippen molar-refractivity contribution in [2.75, 3.05) is 23.8 Å². The van der Waals surface area contributed by atoms with E-state index in [9.17, 15) is 4.79 Å². The van der Waals surface area contributed by atoms with Crippen LogP contribution in [0.1, 0.15) is 27.2 Å². The minimum Gasteiger partial charge on any atom is -0.450 e. The SMILES string of the molecule is CCOC(=O)Nc1ccc(NCCC(C)C)cn1. The molecule has 18 heavy (non-hydrogen) atoms. The van der Waals surface area contributed by atoms with Gasteiger partial charge in [0, 0.05) is 6.54 Å². The lowest BCUT2D eigenvalue weighted by Crippen LogP contribution is -2.14. The van der Waals surface area contributed by atoms with Crippen molar-refractivity contribution in [3.05, 3.63) is 18.3 Å². The molecule has 0 aromatic carbocycles. The summed E-state index contributed by atoms with van der Waals surface area (Å²) in [6, 6.07) is 3.63. The second-order valence-electron chi connectivity index (χ2n) is 4.39. The van der Waals surface area contributed by atoms with Crippen LogP contribution in [0.2, 0.25) is 0 Å². The first kappa shape index (κ1) is 14.3. The molecule has 1 rings (SSSR count). The van der Waals surface area contributed by atoms with Gasteiger partial charge in [-0.15, -0.1) is 0 Å². The van der Waals surface area contributed by atoms with E-state index in [1.807, 2.05) is 6.07 Å². The van der Waals surface area contributed by atoms with Crippen LogP contribution in [0.15, 0.2) is 18.3 Å². The lowest BCUT2D eigenvalue weighted by molar-refractivity contribution is 0.168. The van der Waals surface area contributed by atoms with Gasteiger partial charge in [0.2, 0.25) is 0 Å². The van der Waals surface area contributed by atoms with Crippen molar-refractivity contribution in [2.45, 2.75) is 27.2 Å². The van der Waals surface area contributed by atoms with Gasteiger partial charge >= 0.3 is 6.09 Å². The second-order valence-corrected chi connectivity index (χ2v) is 4.39. The Morgan fingerprint density at radius 1 is 1.44 bits per heavy atom. The largest absolute Gasteiger partial charge is 0.450 e. The third-order valence-corrected chi connectivity index (χ3v) is 2.32. The monoisotopic (exact) mass is 251 g/mol. The third-order valence-electron chi connectivity index (χ3n) is 2.32. The van der Waals surface area contributed by atoms with Crippen LogP contribution in [0.25, 0.3) is 0 Å². The fourth-order valence-electron chi connectivity index (χ4n) is 1.35. The number of aromatic nitrogens is 1. The topological polar surface area (TPSA) is 63.2 Å². The van der Waals surface area contributed by atoms with Gasteiger partial charge in [-0.1, -0.05) is 13.8 Å². The normalized spacial score (nSPS) is 10.2. The molecule has 0 aliphatic rings. The number of ether oxygens (including phenoxy) is 1. The smallest absolute Gasteiger partial charge is 0.412 e. The summed E-state index contributed by atoms with van der Waals surface area (Å²) in [7, 11) is 0. The molecule has 0 bridgehead atoms. The maximum absolute atomic E-state index is 11.2. The number of hydrogen-bond donors (Lipinski definition) is 2. The Hall–Kier alpha value is -1.78. The number of hydrogen-bond acceptors (Lipinski definition) is 4. The van der Waals surface area contributed by atoms with Crippen LogP contribution in [0.3, 0.4) is 0 Å². The van der Waals surface area contributed by atoms with Crippen LogP contribution in [0, 0.1) is 5.92 Å². The molecular formula is C13H21N3O2. The quantitative estimate of drug-likeness (QED) is 0.815. The van der Waals surface area contributed by atoms with Crippen LogP contribution >= 0.6 is 0 Å². The molecule has 5 heteroatoms. The molecule has 1 amide bonds. The van der Waals surface area contributed by atoms with Crippen molar-refractivity contribution in [2.24, 2.45) is 5.92 Å². The molecule has 5 nitrogen and oxygen atoms in total. The Labute approximate surface area is 108 Å². The molecule has 0 aliphatic carbocycles. The van der Waals surface area contributed by atoms with Crippen molar-refractivity contribution in [1.29, 1.82) is 0 Å². The zero-order chi connectivity index (χ0) is 13.4. The van der Waals surface area contributed by atoms with Crippen molar-refractivity contribution < 1.29 is 9.53 Å². The first-order valence-electron chi connectivity index (χ1n) is 6.25. The zero-order valence-corrected chi connectivity index (χ0v) is 11.2. The maximum Gasteiger partial charge on any atom is 0.412 e. The van der Waals surface area contributed by atoms with Gasteiger partial charge in [0.25, 0.3) is 0 Å². The van der Waals surface area contributed by atoms with Gasteiger partial charge in [0.15, 0.2) is 0 Å². The number of pyridine rings is 1. The Kier molecular flexibility index (Phi) is 5.97. The van der Waals surface area contributed by atoms with Gasteiger partial charge in [-0.25, -0.2) is 9.78 Å². The predicted molar refractivity (Wildman–Crippen MR) is 72.8 cm³/mol. The van der Waals surface area contributed by atoms with Crippen molar-refractivity contribution >= 4 is 17.6 Å². The average molecular weight is 251 g/mol. The molecule has 0 saturated carbocycles. The summed E-state index contributed by atoms with van der Waals surface area (Å²) in [5.74, 6) is 1.16. The van der Waals surface area contributed by atoms with Gasteiger partial charge in [-0.05, 0) is 31.4 Å². The van der Waals surface area contributed by atoms with E-state index in [2.05, 4.69) is 29.5 Å².